The van der Waals surface area contributed by atoms with Crippen LogP contribution in [0.15, 0.2) is 30.0 Å². The third-order valence-electron chi connectivity index (χ3n) is 4.79. The lowest BCUT2D eigenvalue weighted by Gasteiger charge is -2.10. The van der Waals surface area contributed by atoms with Crippen molar-refractivity contribution in [1.82, 2.24) is 25.1 Å². The Balaban J connectivity index is 1.38. The number of carbonyl (C=O) groups is 1. The molecule has 136 valence electrons. The van der Waals surface area contributed by atoms with Crippen LogP contribution in [-0.2, 0) is 17.9 Å². The average Bonchev–Trinajstić information content (AvgIpc) is 3.41. The van der Waals surface area contributed by atoms with Crippen molar-refractivity contribution in [1.29, 1.82) is 0 Å². The summed E-state index contributed by atoms with van der Waals surface area (Å²) in [5, 5.41) is 13.8. The van der Waals surface area contributed by atoms with Crippen LogP contribution in [0.25, 0.3) is 11.0 Å². The Kier molecular flexibility index (Phi) is 5.10. The second-order valence-corrected chi connectivity index (χ2v) is 7.56. The standard InChI is InChI=1S/C18H22N6OS/c25-18(13-4-1-2-5-13)19-7-8-24-17-15(11-23-24)16(21-12-22-17)20-10-14-6-3-9-26-14/h3,6,9,11-13H,1-2,4-5,7-8,10H2,(H,19,25)(H,20,21,22). The second kappa shape index (κ2) is 7.82. The molecule has 0 atom stereocenters. The smallest absolute Gasteiger partial charge is 0.223 e. The molecule has 0 radical (unpaired) electrons. The average molecular weight is 370 g/mol. The molecule has 0 aliphatic heterocycles. The number of anilines is 1. The summed E-state index contributed by atoms with van der Waals surface area (Å²) in [5.74, 6) is 1.15. The molecule has 7 nitrogen and oxygen atoms in total. The van der Waals surface area contributed by atoms with Crippen molar-refractivity contribution < 1.29 is 4.79 Å². The van der Waals surface area contributed by atoms with Crippen LogP contribution in [0.5, 0.6) is 0 Å². The summed E-state index contributed by atoms with van der Waals surface area (Å²) in [6.07, 6.45) is 7.70. The fourth-order valence-corrected chi connectivity index (χ4v) is 4.04. The van der Waals surface area contributed by atoms with Crippen LogP contribution in [-0.4, -0.2) is 32.2 Å². The van der Waals surface area contributed by atoms with Gasteiger partial charge in [-0.3, -0.25) is 4.79 Å². The highest BCUT2D eigenvalue weighted by molar-refractivity contribution is 7.09. The summed E-state index contributed by atoms with van der Waals surface area (Å²) in [6, 6.07) is 4.13. The van der Waals surface area contributed by atoms with Gasteiger partial charge in [-0.05, 0) is 24.3 Å². The SMILES string of the molecule is O=C(NCCn1ncc2c(NCc3cccs3)ncnc21)C1CCCC1. The van der Waals surface area contributed by atoms with E-state index in [2.05, 4.69) is 37.1 Å². The molecule has 4 rings (SSSR count). The molecule has 1 aliphatic rings. The summed E-state index contributed by atoms with van der Waals surface area (Å²) in [4.78, 5) is 22.1. The van der Waals surface area contributed by atoms with Crippen LogP contribution < -0.4 is 10.6 Å². The van der Waals surface area contributed by atoms with E-state index in [1.807, 2.05) is 10.7 Å². The van der Waals surface area contributed by atoms with Gasteiger partial charge in [0.2, 0.25) is 5.91 Å². The van der Waals surface area contributed by atoms with Gasteiger partial charge in [0.25, 0.3) is 0 Å². The number of amides is 1. The maximum atomic E-state index is 12.1. The van der Waals surface area contributed by atoms with Crippen molar-refractivity contribution >= 4 is 34.1 Å². The summed E-state index contributed by atoms with van der Waals surface area (Å²) >= 11 is 1.71. The lowest BCUT2D eigenvalue weighted by atomic mass is 10.1. The number of carbonyl (C=O) groups excluding carboxylic acids is 1. The van der Waals surface area contributed by atoms with Gasteiger partial charge in [-0.1, -0.05) is 18.9 Å². The molecular weight excluding hydrogens is 348 g/mol. The molecule has 0 saturated heterocycles. The number of aromatic nitrogens is 4. The number of hydrogen-bond acceptors (Lipinski definition) is 6. The first-order chi connectivity index (χ1) is 12.8. The summed E-state index contributed by atoms with van der Waals surface area (Å²) in [6.45, 7) is 1.89. The predicted molar refractivity (Wildman–Crippen MR) is 102 cm³/mol. The highest BCUT2D eigenvalue weighted by Gasteiger charge is 2.22. The minimum absolute atomic E-state index is 0.173. The largest absolute Gasteiger partial charge is 0.364 e. The van der Waals surface area contributed by atoms with Gasteiger partial charge >= 0.3 is 0 Å². The van der Waals surface area contributed by atoms with E-state index in [0.717, 1.165) is 36.2 Å². The monoisotopic (exact) mass is 370 g/mol. The van der Waals surface area contributed by atoms with Crippen molar-refractivity contribution in [2.45, 2.75) is 38.8 Å². The Morgan fingerprint density at radius 2 is 2.19 bits per heavy atom. The van der Waals surface area contributed by atoms with Crippen LogP contribution in [0.4, 0.5) is 5.82 Å². The van der Waals surface area contributed by atoms with Crippen LogP contribution >= 0.6 is 11.3 Å². The van der Waals surface area contributed by atoms with E-state index in [1.165, 1.54) is 17.7 Å². The summed E-state index contributed by atoms with van der Waals surface area (Å²) < 4.78 is 1.82. The summed E-state index contributed by atoms with van der Waals surface area (Å²) in [5.41, 5.74) is 0.781. The van der Waals surface area contributed by atoms with Crippen molar-refractivity contribution in [3.63, 3.8) is 0 Å². The zero-order chi connectivity index (χ0) is 17.8. The lowest BCUT2D eigenvalue weighted by molar-refractivity contribution is -0.124. The van der Waals surface area contributed by atoms with E-state index in [4.69, 9.17) is 0 Å². The van der Waals surface area contributed by atoms with E-state index < -0.39 is 0 Å². The van der Waals surface area contributed by atoms with Gasteiger partial charge in [-0.25, -0.2) is 14.6 Å². The number of nitrogens with one attached hydrogen (secondary N) is 2. The minimum atomic E-state index is 0.173. The van der Waals surface area contributed by atoms with Crippen molar-refractivity contribution in [3.05, 3.63) is 34.9 Å². The van der Waals surface area contributed by atoms with E-state index >= 15 is 0 Å². The van der Waals surface area contributed by atoms with Gasteiger partial charge in [0, 0.05) is 17.3 Å². The number of rotatable bonds is 7. The Hall–Kier alpha value is -2.48. The molecule has 0 spiro atoms. The predicted octanol–water partition coefficient (Wildman–Crippen LogP) is 2.81. The van der Waals surface area contributed by atoms with Gasteiger partial charge in [0.05, 0.1) is 24.7 Å². The highest BCUT2D eigenvalue weighted by atomic mass is 32.1. The molecule has 1 aliphatic carbocycles. The van der Waals surface area contributed by atoms with E-state index in [0.29, 0.717) is 13.1 Å². The molecule has 8 heteroatoms. The quantitative estimate of drug-likeness (QED) is 0.668. The summed E-state index contributed by atoms with van der Waals surface area (Å²) in [7, 11) is 0. The molecule has 2 N–H and O–H groups in total. The second-order valence-electron chi connectivity index (χ2n) is 6.53. The molecule has 0 unspecified atom stereocenters. The van der Waals surface area contributed by atoms with Crippen LogP contribution in [0.2, 0.25) is 0 Å². The fraction of sp³-hybridized carbons (Fsp3) is 0.444. The minimum Gasteiger partial charge on any atom is -0.364 e. The van der Waals surface area contributed by atoms with Crippen molar-refractivity contribution in [3.8, 4) is 0 Å². The molecule has 1 fully saturated rings. The number of fused-ring (bicyclic) bond motifs is 1. The first-order valence-corrected chi connectivity index (χ1v) is 9.90. The van der Waals surface area contributed by atoms with Gasteiger partial charge in [0.15, 0.2) is 5.65 Å². The molecular formula is C18H22N6OS. The molecule has 0 bridgehead atoms. The van der Waals surface area contributed by atoms with Crippen LogP contribution in [0, 0.1) is 5.92 Å². The molecule has 3 aromatic heterocycles. The molecule has 3 aromatic rings. The zero-order valence-electron chi connectivity index (χ0n) is 14.5. The van der Waals surface area contributed by atoms with Crippen molar-refractivity contribution in [2.24, 2.45) is 5.92 Å². The third kappa shape index (κ3) is 3.70. The number of nitrogens with zero attached hydrogens (tertiary/aromatic N) is 4. The highest BCUT2D eigenvalue weighted by Crippen LogP contribution is 2.24. The van der Waals surface area contributed by atoms with E-state index in [9.17, 15) is 4.79 Å². The lowest BCUT2D eigenvalue weighted by Crippen LogP contribution is -2.32. The number of thiophene rings is 1. The Bertz CT molecular complexity index is 869. The van der Waals surface area contributed by atoms with Gasteiger partial charge in [-0.2, -0.15) is 5.10 Å². The fourth-order valence-electron chi connectivity index (χ4n) is 3.40. The van der Waals surface area contributed by atoms with Gasteiger partial charge in [-0.15, -0.1) is 11.3 Å². The van der Waals surface area contributed by atoms with Gasteiger partial charge in [0.1, 0.15) is 12.1 Å². The Morgan fingerprint density at radius 3 is 3.00 bits per heavy atom. The molecule has 0 aromatic carbocycles. The van der Waals surface area contributed by atoms with Crippen LogP contribution in [0.1, 0.15) is 30.6 Å². The van der Waals surface area contributed by atoms with E-state index in [1.54, 1.807) is 23.9 Å². The topological polar surface area (TPSA) is 84.7 Å². The van der Waals surface area contributed by atoms with E-state index in [-0.39, 0.29) is 11.8 Å². The number of hydrogen-bond donors (Lipinski definition) is 2. The molecule has 26 heavy (non-hydrogen) atoms. The molecule has 1 amide bonds. The Labute approximate surface area is 155 Å². The molecule has 3 heterocycles. The Morgan fingerprint density at radius 1 is 1.31 bits per heavy atom. The zero-order valence-corrected chi connectivity index (χ0v) is 15.3. The maximum absolute atomic E-state index is 12.1. The maximum Gasteiger partial charge on any atom is 0.223 e. The first kappa shape index (κ1) is 17.0. The van der Waals surface area contributed by atoms with Crippen LogP contribution in [0.3, 0.4) is 0 Å². The third-order valence-corrected chi connectivity index (χ3v) is 5.67. The molecule has 1 saturated carbocycles. The van der Waals surface area contributed by atoms with Gasteiger partial charge < -0.3 is 10.6 Å². The normalized spacial score (nSPS) is 14.8. The van der Waals surface area contributed by atoms with Crippen molar-refractivity contribution in [2.75, 3.05) is 11.9 Å². The first-order valence-electron chi connectivity index (χ1n) is 9.02.